The van der Waals surface area contributed by atoms with Crippen LogP contribution in [0.15, 0.2) is 55.1 Å². The molecule has 2 aromatic carbocycles. The van der Waals surface area contributed by atoms with Crippen LogP contribution in [0.5, 0.6) is 0 Å². The molecule has 0 bridgehead atoms. The van der Waals surface area contributed by atoms with E-state index in [-0.39, 0.29) is 12.6 Å². The maximum atomic E-state index is 12.1. The molecule has 0 atom stereocenters. The van der Waals surface area contributed by atoms with Crippen LogP contribution in [-0.4, -0.2) is 5.97 Å². The molecule has 2 nitrogen and oxygen atoms in total. The summed E-state index contributed by atoms with van der Waals surface area (Å²) in [6.07, 6.45) is 1.67. The van der Waals surface area contributed by atoms with Crippen molar-refractivity contribution in [1.29, 1.82) is 0 Å². The van der Waals surface area contributed by atoms with Crippen LogP contribution in [0, 0.1) is 6.92 Å². The summed E-state index contributed by atoms with van der Waals surface area (Å²) in [6, 6.07) is 15.3. The van der Waals surface area contributed by atoms with Crippen LogP contribution in [0.3, 0.4) is 0 Å². The average molecular weight is 252 g/mol. The smallest absolute Gasteiger partial charge is 0.339 e. The molecule has 0 aliphatic carbocycles. The number of rotatable bonds is 4. The van der Waals surface area contributed by atoms with Gasteiger partial charge in [-0.1, -0.05) is 61.2 Å². The van der Waals surface area contributed by atoms with Gasteiger partial charge in [-0.15, -0.1) is 0 Å². The first-order chi connectivity index (χ1) is 9.22. The van der Waals surface area contributed by atoms with E-state index in [0.29, 0.717) is 5.56 Å². The minimum Gasteiger partial charge on any atom is -0.457 e. The molecule has 0 aliphatic heterocycles. The third kappa shape index (κ3) is 3.10. The highest BCUT2D eigenvalue weighted by Crippen LogP contribution is 2.17. The molecule has 2 aromatic rings. The van der Waals surface area contributed by atoms with Gasteiger partial charge < -0.3 is 4.74 Å². The highest BCUT2D eigenvalue weighted by molar-refractivity contribution is 5.95. The SMILES string of the molecule is C=Cc1cccc(C)c1C(=O)OCc1ccccc1. The number of ether oxygens (including phenoxy) is 1. The van der Waals surface area contributed by atoms with Gasteiger partial charge in [-0.25, -0.2) is 4.79 Å². The molecule has 0 heterocycles. The van der Waals surface area contributed by atoms with Crippen molar-refractivity contribution in [2.75, 3.05) is 0 Å². The standard InChI is InChI=1S/C17H16O2/c1-3-15-11-7-8-13(2)16(15)17(18)19-12-14-9-5-4-6-10-14/h3-11H,1,12H2,2H3. The van der Waals surface area contributed by atoms with Gasteiger partial charge >= 0.3 is 5.97 Å². The Morgan fingerprint density at radius 1 is 1.16 bits per heavy atom. The van der Waals surface area contributed by atoms with E-state index in [1.165, 1.54) is 0 Å². The van der Waals surface area contributed by atoms with Crippen molar-refractivity contribution in [3.63, 3.8) is 0 Å². The molecule has 2 heteroatoms. The predicted molar refractivity (Wildman–Crippen MR) is 76.8 cm³/mol. The molecule has 0 radical (unpaired) electrons. The lowest BCUT2D eigenvalue weighted by atomic mass is 10.0. The Balaban J connectivity index is 2.15. The van der Waals surface area contributed by atoms with E-state index in [1.54, 1.807) is 6.08 Å². The van der Waals surface area contributed by atoms with Crippen LogP contribution < -0.4 is 0 Å². The molecular weight excluding hydrogens is 236 g/mol. The molecular formula is C17H16O2. The van der Waals surface area contributed by atoms with Gasteiger partial charge in [0.1, 0.15) is 6.61 Å². The van der Waals surface area contributed by atoms with Gasteiger partial charge in [-0.05, 0) is 23.6 Å². The molecule has 0 fully saturated rings. The van der Waals surface area contributed by atoms with Crippen LogP contribution in [0.4, 0.5) is 0 Å². The first-order valence-electron chi connectivity index (χ1n) is 6.15. The Kier molecular flexibility index (Phi) is 4.14. The summed E-state index contributed by atoms with van der Waals surface area (Å²) >= 11 is 0. The normalized spacial score (nSPS) is 9.95. The molecule has 0 spiro atoms. The largest absolute Gasteiger partial charge is 0.457 e. The summed E-state index contributed by atoms with van der Waals surface area (Å²) in [6.45, 7) is 5.90. The monoisotopic (exact) mass is 252 g/mol. The van der Waals surface area contributed by atoms with Gasteiger partial charge in [0.25, 0.3) is 0 Å². The molecule has 0 amide bonds. The van der Waals surface area contributed by atoms with Gasteiger partial charge in [0, 0.05) is 0 Å². The van der Waals surface area contributed by atoms with Crippen molar-refractivity contribution in [2.45, 2.75) is 13.5 Å². The zero-order valence-corrected chi connectivity index (χ0v) is 10.9. The predicted octanol–water partition coefficient (Wildman–Crippen LogP) is 4.00. The minimum absolute atomic E-state index is 0.282. The van der Waals surface area contributed by atoms with E-state index >= 15 is 0 Å². The van der Waals surface area contributed by atoms with Gasteiger partial charge in [0.2, 0.25) is 0 Å². The van der Waals surface area contributed by atoms with E-state index in [4.69, 9.17) is 4.74 Å². The van der Waals surface area contributed by atoms with Gasteiger partial charge in [-0.3, -0.25) is 0 Å². The molecule has 0 unspecified atom stereocenters. The zero-order chi connectivity index (χ0) is 13.7. The lowest BCUT2D eigenvalue weighted by molar-refractivity contribution is 0.0471. The van der Waals surface area contributed by atoms with Crippen molar-refractivity contribution in [3.8, 4) is 0 Å². The second-order valence-electron chi connectivity index (χ2n) is 4.30. The quantitative estimate of drug-likeness (QED) is 0.769. The van der Waals surface area contributed by atoms with Crippen molar-refractivity contribution in [2.24, 2.45) is 0 Å². The molecule has 0 aliphatic rings. The highest BCUT2D eigenvalue weighted by atomic mass is 16.5. The molecule has 19 heavy (non-hydrogen) atoms. The summed E-state index contributed by atoms with van der Waals surface area (Å²) in [5.41, 5.74) is 3.27. The number of benzene rings is 2. The molecule has 0 saturated carbocycles. The number of hydrogen-bond donors (Lipinski definition) is 0. The van der Waals surface area contributed by atoms with E-state index in [9.17, 15) is 4.79 Å². The van der Waals surface area contributed by atoms with E-state index in [2.05, 4.69) is 6.58 Å². The first-order valence-corrected chi connectivity index (χ1v) is 6.15. The van der Waals surface area contributed by atoms with Gasteiger partial charge in [-0.2, -0.15) is 0 Å². The van der Waals surface area contributed by atoms with Crippen LogP contribution in [0.1, 0.15) is 27.0 Å². The number of esters is 1. The van der Waals surface area contributed by atoms with Crippen LogP contribution >= 0.6 is 0 Å². The van der Waals surface area contributed by atoms with Gasteiger partial charge in [0.15, 0.2) is 0 Å². The maximum Gasteiger partial charge on any atom is 0.339 e. The summed E-state index contributed by atoms with van der Waals surface area (Å²) in [7, 11) is 0. The fourth-order valence-corrected chi connectivity index (χ4v) is 1.93. The third-order valence-electron chi connectivity index (χ3n) is 2.94. The van der Waals surface area contributed by atoms with Crippen LogP contribution in [0.2, 0.25) is 0 Å². The van der Waals surface area contributed by atoms with Crippen LogP contribution in [0.25, 0.3) is 6.08 Å². The van der Waals surface area contributed by atoms with E-state index in [0.717, 1.165) is 16.7 Å². The highest BCUT2D eigenvalue weighted by Gasteiger charge is 2.13. The Labute approximate surface area is 113 Å². The van der Waals surface area contributed by atoms with Gasteiger partial charge in [0.05, 0.1) is 5.56 Å². The molecule has 0 saturated heterocycles. The zero-order valence-electron chi connectivity index (χ0n) is 10.9. The lowest BCUT2D eigenvalue weighted by Crippen LogP contribution is -2.09. The number of hydrogen-bond acceptors (Lipinski definition) is 2. The topological polar surface area (TPSA) is 26.3 Å². The first kappa shape index (κ1) is 13.1. The summed E-state index contributed by atoms with van der Waals surface area (Å²) in [5.74, 6) is -0.308. The summed E-state index contributed by atoms with van der Waals surface area (Å²) in [4.78, 5) is 12.1. The second kappa shape index (κ2) is 6.01. The Hall–Kier alpha value is -2.35. The van der Waals surface area contributed by atoms with Crippen molar-refractivity contribution < 1.29 is 9.53 Å². The fraction of sp³-hybridized carbons (Fsp3) is 0.118. The minimum atomic E-state index is -0.308. The summed E-state index contributed by atoms with van der Waals surface area (Å²) < 4.78 is 5.35. The van der Waals surface area contributed by atoms with Crippen molar-refractivity contribution in [1.82, 2.24) is 0 Å². The molecule has 2 rings (SSSR count). The lowest BCUT2D eigenvalue weighted by Gasteiger charge is -2.10. The second-order valence-corrected chi connectivity index (χ2v) is 4.30. The number of carbonyl (C=O) groups is 1. The molecule has 96 valence electrons. The fourth-order valence-electron chi connectivity index (χ4n) is 1.93. The Morgan fingerprint density at radius 2 is 1.89 bits per heavy atom. The Morgan fingerprint density at radius 3 is 2.58 bits per heavy atom. The number of aryl methyl sites for hydroxylation is 1. The van der Waals surface area contributed by atoms with E-state index in [1.807, 2.05) is 55.5 Å². The Bertz CT molecular complexity index is 585. The number of carbonyl (C=O) groups excluding carboxylic acids is 1. The van der Waals surface area contributed by atoms with Crippen molar-refractivity contribution >= 4 is 12.0 Å². The molecule has 0 N–H and O–H groups in total. The third-order valence-corrected chi connectivity index (χ3v) is 2.94. The summed E-state index contributed by atoms with van der Waals surface area (Å²) in [5, 5.41) is 0. The van der Waals surface area contributed by atoms with Crippen LogP contribution in [-0.2, 0) is 11.3 Å². The van der Waals surface area contributed by atoms with E-state index < -0.39 is 0 Å². The average Bonchev–Trinajstić information content (AvgIpc) is 2.45. The van der Waals surface area contributed by atoms with Crippen molar-refractivity contribution in [3.05, 3.63) is 77.4 Å². The molecule has 0 aromatic heterocycles. The maximum absolute atomic E-state index is 12.1.